The molecule has 2 saturated heterocycles. The van der Waals surface area contributed by atoms with Gasteiger partial charge in [-0.1, -0.05) is 6.07 Å². The van der Waals surface area contributed by atoms with E-state index in [0.29, 0.717) is 37.3 Å². The summed E-state index contributed by atoms with van der Waals surface area (Å²) < 4.78 is 0. The smallest absolute Gasteiger partial charge is 0.271 e. The van der Waals surface area contributed by atoms with Crippen molar-refractivity contribution < 1.29 is 9.59 Å². The lowest BCUT2D eigenvalue weighted by Gasteiger charge is -2.24. The van der Waals surface area contributed by atoms with Crippen LogP contribution in [-0.2, 0) is 4.79 Å². The molecule has 7 heteroatoms. The Bertz CT molecular complexity index is 870. The van der Waals surface area contributed by atoms with E-state index in [1.807, 2.05) is 6.07 Å². The van der Waals surface area contributed by atoms with Gasteiger partial charge in [0.1, 0.15) is 5.69 Å². The molecule has 2 aromatic rings. The number of nitriles is 1. The van der Waals surface area contributed by atoms with Gasteiger partial charge in [0.2, 0.25) is 5.91 Å². The minimum atomic E-state index is -0.213. The lowest BCUT2D eigenvalue weighted by atomic mass is 9.86. The van der Waals surface area contributed by atoms with E-state index in [2.05, 4.69) is 16.0 Å². The molecule has 126 valence electrons. The average molecular weight is 335 g/mol. The number of carbonyl (C=O) groups is 2. The van der Waals surface area contributed by atoms with Gasteiger partial charge >= 0.3 is 0 Å². The van der Waals surface area contributed by atoms with E-state index >= 15 is 0 Å². The van der Waals surface area contributed by atoms with Crippen molar-refractivity contribution in [2.75, 3.05) is 24.5 Å². The maximum atomic E-state index is 12.6. The molecule has 25 heavy (non-hydrogen) atoms. The minimum Gasteiger partial charge on any atom is -0.341 e. The Labute approximate surface area is 144 Å². The van der Waals surface area contributed by atoms with E-state index in [-0.39, 0.29) is 17.2 Å². The van der Waals surface area contributed by atoms with Crippen molar-refractivity contribution in [2.45, 2.75) is 12.8 Å². The molecule has 1 aromatic heterocycles. The van der Waals surface area contributed by atoms with Gasteiger partial charge in [-0.3, -0.25) is 9.59 Å². The Morgan fingerprint density at radius 3 is 3.00 bits per heavy atom. The van der Waals surface area contributed by atoms with E-state index in [9.17, 15) is 9.59 Å². The van der Waals surface area contributed by atoms with E-state index in [0.717, 1.165) is 12.1 Å². The number of likely N-dealkylation sites (tertiary alicyclic amines) is 1. The van der Waals surface area contributed by atoms with Crippen LogP contribution < -0.4 is 4.90 Å². The molecule has 2 fully saturated rings. The monoisotopic (exact) mass is 335 g/mol. The first-order valence-electron chi connectivity index (χ1n) is 8.18. The van der Waals surface area contributed by atoms with Gasteiger partial charge in [-0.15, -0.1) is 0 Å². The Balaban J connectivity index is 1.52. The number of benzene rings is 1. The molecule has 1 N–H and O–H groups in total. The number of anilines is 1. The van der Waals surface area contributed by atoms with Gasteiger partial charge in [0, 0.05) is 37.2 Å². The number of aromatic amines is 1. The van der Waals surface area contributed by atoms with Gasteiger partial charge in [-0.05, 0) is 24.6 Å². The number of hydrogen-bond acceptors (Lipinski definition) is 4. The Morgan fingerprint density at radius 1 is 1.36 bits per heavy atom. The second-order valence-corrected chi connectivity index (χ2v) is 6.76. The Hall–Kier alpha value is -3.14. The minimum absolute atomic E-state index is 0.0472. The van der Waals surface area contributed by atoms with Crippen molar-refractivity contribution in [2.24, 2.45) is 5.41 Å². The molecule has 2 aliphatic heterocycles. The second-order valence-electron chi connectivity index (χ2n) is 6.76. The molecule has 1 atom stereocenters. The summed E-state index contributed by atoms with van der Waals surface area (Å²) in [6.45, 7) is 1.77. The third-order valence-corrected chi connectivity index (χ3v) is 5.06. The molecular weight excluding hydrogens is 318 g/mol. The SMILES string of the molecule is N#Cc1cccc(N2CC3(CCN(C(=O)c4cnc[nH]4)C3)CC2=O)c1. The van der Waals surface area contributed by atoms with Crippen LogP contribution in [0, 0.1) is 16.7 Å². The fourth-order valence-electron chi connectivity index (χ4n) is 3.80. The first-order valence-corrected chi connectivity index (χ1v) is 8.18. The number of H-pyrrole nitrogens is 1. The molecule has 0 aliphatic carbocycles. The Morgan fingerprint density at radius 2 is 2.24 bits per heavy atom. The predicted molar refractivity (Wildman–Crippen MR) is 89.7 cm³/mol. The highest BCUT2D eigenvalue weighted by molar-refractivity contribution is 5.97. The van der Waals surface area contributed by atoms with E-state index < -0.39 is 0 Å². The first kappa shape index (κ1) is 15.4. The molecule has 0 saturated carbocycles. The van der Waals surface area contributed by atoms with Crippen LogP contribution in [0.4, 0.5) is 5.69 Å². The largest absolute Gasteiger partial charge is 0.341 e. The summed E-state index contributed by atoms with van der Waals surface area (Å²) in [5.41, 5.74) is 1.54. The van der Waals surface area contributed by atoms with Crippen LogP contribution in [0.2, 0.25) is 0 Å². The molecule has 1 spiro atoms. The number of rotatable bonds is 2. The number of amides is 2. The van der Waals surface area contributed by atoms with Crippen LogP contribution in [0.5, 0.6) is 0 Å². The van der Waals surface area contributed by atoms with Crippen molar-refractivity contribution >= 4 is 17.5 Å². The zero-order chi connectivity index (χ0) is 17.4. The van der Waals surface area contributed by atoms with Crippen LogP contribution in [0.25, 0.3) is 0 Å². The zero-order valence-electron chi connectivity index (χ0n) is 13.6. The van der Waals surface area contributed by atoms with Crippen molar-refractivity contribution in [3.05, 3.63) is 48.0 Å². The van der Waals surface area contributed by atoms with Crippen LogP contribution in [0.1, 0.15) is 28.9 Å². The summed E-state index contributed by atoms with van der Waals surface area (Å²) in [7, 11) is 0. The van der Waals surface area contributed by atoms with Crippen molar-refractivity contribution in [1.82, 2.24) is 14.9 Å². The average Bonchev–Trinajstić information content (AvgIpc) is 3.36. The number of nitrogens with one attached hydrogen (secondary N) is 1. The molecule has 1 aromatic carbocycles. The number of imidazole rings is 1. The van der Waals surface area contributed by atoms with Crippen molar-refractivity contribution in [1.29, 1.82) is 5.26 Å². The summed E-state index contributed by atoms with van der Waals surface area (Å²) in [6, 6.07) is 9.20. The van der Waals surface area contributed by atoms with Crippen LogP contribution >= 0.6 is 0 Å². The summed E-state index contributed by atoms with van der Waals surface area (Å²) in [5, 5.41) is 9.06. The summed E-state index contributed by atoms with van der Waals surface area (Å²) in [6.07, 6.45) is 4.23. The van der Waals surface area contributed by atoms with Crippen LogP contribution in [0.15, 0.2) is 36.8 Å². The highest BCUT2D eigenvalue weighted by Gasteiger charge is 2.49. The maximum Gasteiger partial charge on any atom is 0.271 e. The van der Waals surface area contributed by atoms with Crippen LogP contribution in [-0.4, -0.2) is 46.3 Å². The van der Waals surface area contributed by atoms with Gasteiger partial charge in [-0.25, -0.2) is 4.98 Å². The highest BCUT2D eigenvalue weighted by atomic mass is 16.2. The number of nitrogens with zero attached hydrogens (tertiary/aromatic N) is 4. The first-order chi connectivity index (χ1) is 12.1. The third kappa shape index (κ3) is 2.66. The van der Waals surface area contributed by atoms with E-state index in [1.165, 1.54) is 12.5 Å². The number of aromatic nitrogens is 2. The molecule has 2 amide bonds. The summed E-state index contributed by atoms with van der Waals surface area (Å²) >= 11 is 0. The van der Waals surface area contributed by atoms with Gasteiger partial charge in [0.25, 0.3) is 5.91 Å². The normalized spacial score (nSPS) is 22.6. The lowest BCUT2D eigenvalue weighted by molar-refractivity contribution is -0.117. The topological polar surface area (TPSA) is 93.1 Å². The number of hydrogen-bond donors (Lipinski definition) is 1. The fourth-order valence-corrected chi connectivity index (χ4v) is 3.80. The molecular formula is C18H17N5O2. The van der Waals surface area contributed by atoms with Gasteiger partial charge in [0.15, 0.2) is 0 Å². The highest BCUT2D eigenvalue weighted by Crippen LogP contribution is 2.42. The van der Waals surface area contributed by atoms with Crippen molar-refractivity contribution in [3.8, 4) is 6.07 Å². The molecule has 1 unspecified atom stereocenters. The predicted octanol–water partition coefficient (Wildman–Crippen LogP) is 1.55. The summed E-state index contributed by atoms with van der Waals surface area (Å²) in [4.78, 5) is 35.3. The van der Waals surface area contributed by atoms with Gasteiger partial charge in [-0.2, -0.15) is 5.26 Å². The molecule has 0 radical (unpaired) electrons. The fraction of sp³-hybridized carbons (Fsp3) is 0.333. The van der Waals surface area contributed by atoms with E-state index in [4.69, 9.17) is 5.26 Å². The standard InChI is InChI=1S/C18H17N5O2/c19-8-13-2-1-3-14(6-13)23-11-18(7-16(23)24)4-5-22(10-18)17(25)15-9-20-12-21-15/h1-3,6,9,12H,4-5,7,10-11H2,(H,20,21). The molecule has 0 bridgehead atoms. The second kappa shape index (κ2) is 5.74. The molecule has 2 aliphatic rings. The lowest BCUT2D eigenvalue weighted by Crippen LogP contribution is -2.34. The quantitative estimate of drug-likeness (QED) is 0.901. The molecule has 7 nitrogen and oxygen atoms in total. The molecule has 4 rings (SSSR count). The summed E-state index contributed by atoms with van der Waals surface area (Å²) in [5.74, 6) is -0.0299. The van der Waals surface area contributed by atoms with E-state index in [1.54, 1.807) is 28.0 Å². The third-order valence-electron chi connectivity index (χ3n) is 5.06. The Kier molecular flexibility index (Phi) is 3.53. The zero-order valence-corrected chi connectivity index (χ0v) is 13.6. The van der Waals surface area contributed by atoms with Gasteiger partial charge < -0.3 is 14.8 Å². The van der Waals surface area contributed by atoms with Crippen LogP contribution in [0.3, 0.4) is 0 Å². The molecule has 3 heterocycles. The van der Waals surface area contributed by atoms with Gasteiger partial charge in [0.05, 0.1) is 24.2 Å². The number of carbonyl (C=O) groups excluding carboxylic acids is 2. The van der Waals surface area contributed by atoms with Crippen molar-refractivity contribution in [3.63, 3.8) is 0 Å². The maximum absolute atomic E-state index is 12.6.